The van der Waals surface area contributed by atoms with E-state index in [-0.39, 0.29) is 49.6 Å². The normalized spacial score (nSPS) is 12.3. The summed E-state index contributed by atoms with van der Waals surface area (Å²) in [5, 5.41) is 2.87. The Labute approximate surface area is 214 Å². The second-order valence-corrected chi connectivity index (χ2v) is 11.3. The van der Waals surface area contributed by atoms with Crippen LogP contribution >= 0.6 is 0 Å². The fourth-order valence-electron chi connectivity index (χ4n) is 4.07. The standard InChI is InChI=1S/C27H38FN3O4S/c1-7-24(27(33)29-19(2)3)30(18-22-13-15-23(28)16-14-22)26(32)12-9-17-31(36(6,34)35)25-11-8-10-20(4)21(25)5/h8,10-11,13-16,19,24H,7,9,12,17-18H2,1-6H3,(H,29,33). The van der Waals surface area contributed by atoms with Crippen LogP contribution in [0.15, 0.2) is 42.5 Å². The van der Waals surface area contributed by atoms with Gasteiger partial charge in [0.05, 0.1) is 11.9 Å². The molecule has 2 amide bonds. The van der Waals surface area contributed by atoms with E-state index in [0.29, 0.717) is 17.7 Å². The molecule has 0 aliphatic rings. The van der Waals surface area contributed by atoms with Crippen LogP contribution in [0.25, 0.3) is 0 Å². The highest BCUT2D eigenvalue weighted by atomic mass is 32.2. The molecule has 0 radical (unpaired) electrons. The van der Waals surface area contributed by atoms with Gasteiger partial charge in [0, 0.05) is 25.6 Å². The van der Waals surface area contributed by atoms with E-state index in [9.17, 15) is 22.4 Å². The molecule has 0 saturated carbocycles. The first-order chi connectivity index (χ1) is 16.8. The van der Waals surface area contributed by atoms with Gasteiger partial charge in [-0.15, -0.1) is 0 Å². The molecule has 1 unspecified atom stereocenters. The average Bonchev–Trinajstić information content (AvgIpc) is 2.78. The number of nitrogens with zero attached hydrogens (tertiary/aromatic N) is 2. The zero-order valence-electron chi connectivity index (χ0n) is 22.0. The molecule has 36 heavy (non-hydrogen) atoms. The van der Waals surface area contributed by atoms with Gasteiger partial charge < -0.3 is 10.2 Å². The van der Waals surface area contributed by atoms with Gasteiger partial charge in [-0.2, -0.15) is 0 Å². The summed E-state index contributed by atoms with van der Waals surface area (Å²) in [5.41, 5.74) is 3.14. The van der Waals surface area contributed by atoms with E-state index < -0.39 is 16.1 Å². The molecule has 9 heteroatoms. The maximum Gasteiger partial charge on any atom is 0.243 e. The number of hydrogen-bond donors (Lipinski definition) is 1. The quantitative estimate of drug-likeness (QED) is 0.453. The molecular weight excluding hydrogens is 481 g/mol. The molecule has 0 heterocycles. The number of hydrogen-bond acceptors (Lipinski definition) is 4. The van der Waals surface area contributed by atoms with Gasteiger partial charge in [0.2, 0.25) is 21.8 Å². The fourth-order valence-corrected chi connectivity index (χ4v) is 5.09. The Kier molecular flexibility index (Phi) is 10.5. The van der Waals surface area contributed by atoms with Crippen molar-refractivity contribution in [1.29, 1.82) is 0 Å². The molecule has 0 spiro atoms. The Morgan fingerprint density at radius 3 is 2.25 bits per heavy atom. The monoisotopic (exact) mass is 519 g/mol. The van der Waals surface area contributed by atoms with Crippen LogP contribution in [-0.4, -0.2) is 50.0 Å². The minimum atomic E-state index is -3.57. The van der Waals surface area contributed by atoms with Crippen molar-refractivity contribution in [2.45, 2.75) is 72.5 Å². The third-order valence-corrected chi connectivity index (χ3v) is 7.26. The van der Waals surface area contributed by atoms with Crippen LogP contribution in [0, 0.1) is 19.7 Å². The van der Waals surface area contributed by atoms with E-state index in [0.717, 1.165) is 17.4 Å². The molecule has 2 rings (SSSR count). The number of aryl methyl sites for hydroxylation is 1. The second kappa shape index (κ2) is 12.9. The van der Waals surface area contributed by atoms with Gasteiger partial charge in [-0.3, -0.25) is 13.9 Å². The summed E-state index contributed by atoms with van der Waals surface area (Å²) < 4.78 is 39.9. The number of sulfonamides is 1. The highest BCUT2D eigenvalue weighted by Crippen LogP contribution is 2.25. The van der Waals surface area contributed by atoms with Crippen molar-refractivity contribution in [3.63, 3.8) is 0 Å². The molecule has 7 nitrogen and oxygen atoms in total. The molecular formula is C27H38FN3O4S. The van der Waals surface area contributed by atoms with Crippen molar-refractivity contribution in [1.82, 2.24) is 10.2 Å². The Morgan fingerprint density at radius 2 is 1.69 bits per heavy atom. The Hall–Kier alpha value is -2.94. The van der Waals surface area contributed by atoms with E-state index in [1.54, 1.807) is 18.2 Å². The van der Waals surface area contributed by atoms with Crippen molar-refractivity contribution >= 4 is 27.5 Å². The summed E-state index contributed by atoms with van der Waals surface area (Å²) in [6.45, 7) is 9.61. The van der Waals surface area contributed by atoms with Crippen LogP contribution < -0.4 is 9.62 Å². The Morgan fingerprint density at radius 1 is 1.06 bits per heavy atom. The topological polar surface area (TPSA) is 86.8 Å². The second-order valence-electron chi connectivity index (χ2n) is 9.39. The van der Waals surface area contributed by atoms with Gasteiger partial charge in [-0.1, -0.05) is 31.2 Å². The molecule has 1 N–H and O–H groups in total. The third-order valence-electron chi connectivity index (χ3n) is 6.08. The van der Waals surface area contributed by atoms with E-state index in [1.807, 2.05) is 46.8 Å². The largest absolute Gasteiger partial charge is 0.352 e. The molecule has 2 aromatic carbocycles. The third kappa shape index (κ3) is 8.05. The minimum Gasteiger partial charge on any atom is -0.352 e. The lowest BCUT2D eigenvalue weighted by Crippen LogP contribution is -2.50. The van der Waals surface area contributed by atoms with Crippen LogP contribution in [0.3, 0.4) is 0 Å². The minimum absolute atomic E-state index is 0.0591. The number of carbonyl (C=O) groups excluding carboxylic acids is 2. The predicted molar refractivity (Wildman–Crippen MR) is 142 cm³/mol. The maximum atomic E-state index is 13.4. The number of carbonyl (C=O) groups is 2. The molecule has 1 atom stereocenters. The van der Waals surface area contributed by atoms with Crippen LogP contribution in [0.2, 0.25) is 0 Å². The SMILES string of the molecule is CCC(C(=O)NC(C)C)N(Cc1ccc(F)cc1)C(=O)CCCN(c1cccc(C)c1C)S(C)(=O)=O. The number of nitrogens with one attached hydrogen (secondary N) is 1. The lowest BCUT2D eigenvalue weighted by atomic mass is 10.1. The highest BCUT2D eigenvalue weighted by molar-refractivity contribution is 7.92. The van der Waals surface area contributed by atoms with Crippen molar-refractivity contribution < 1.29 is 22.4 Å². The van der Waals surface area contributed by atoms with E-state index in [4.69, 9.17) is 0 Å². The van der Waals surface area contributed by atoms with Crippen LogP contribution in [0.1, 0.15) is 56.7 Å². The van der Waals surface area contributed by atoms with E-state index >= 15 is 0 Å². The molecule has 0 fully saturated rings. The highest BCUT2D eigenvalue weighted by Gasteiger charge is 2.29. The van der Waals surface area contributed by atoms with Crippen LogP contribution in [-0.2, 0) is 26.2 Å². The molecule has 0 aromatic heterocycles. The van der Waals surface area contributed by atoms with Crippen molar-refractivity contribution in [2.24, 2.45) is 0 Å². The Balaban J connectivity index is 2.24. The predicted octanol–water partition coefficient (Wildman–Crippen LogP) is 4.32. The molecule has 198 valence electrons. The fraction of sp³-hybridized carbons (Fsp3) is 0.481. The van der Waals surface area contributed by atoms with Gasteiger partial charge in [0.25, 0.3) is 0 Å². The van der Waals surface area contributed by atoms with E-state index in [2.05, 4.69) is 5.32 Å². The molecule has 0 saturated heterocycles. The Bertz CT molecular complexity index is 1150. The molecule has 0 aliphatic carbocycles. The first kappa shape index (κ1) is 29.3. The first-order valence-electron chi connectivity index (χ1n) is 12.2. The summed E-state index contributed by atoms with van der Waals surface area (Å²) in [7, 11) is -3.57. The zero-order valence-corrected chi connectivity index (χ0v) is 22.9. The van der Waals surface area contributed by atoms with E-state index in [1.165, 1.54) is 21.3 Å². The number of rotatable bonds is 12. The summed E-state index contributed by atoms with van der Waals surface area (Å²) in [6.07, 6.45) is 1.90. The summed E-state index contributed by atoms with van der Waals surface area (Å²) in [4.78, 5) is 27.8. The van der Waals surface area contributed by atoms with Crippen LogP contribution in [0.5, 0.6) is 0 Å². The molecule has 2 aromatic rings. The van der Waals surface area contributed by atoms with Crippen molar-refractivity contribution in [3.05, 3.63) is 65.0 Å². The summed E-state index contributed by atoms with van der Waals surface area (Å²) in [6, 6.07) is 10.5. The first-order valence-corrected chi connectivity index (χ1v) is 14.1. The lowest BCUT2D eigenvalue weighted by Gasteiger charge is -2.31. The van der Waals surface area contributed by atoms with Gasteiger partial charge >= 0.3 is 0 Å². The number of amides is 2. The van der Waals surface area contributed by atoms with Gasteiger partial charge in [-0.25, -0.2) is 12.8 Å². The summed E-state index contributed by atoms with van der Waals surface area (Å²) >= 11 is 0. The average molecular weight is 520 g/mol. The lowest BCUT2D eigenvalue weighted by molar-refractivity contribution is -0.141. The van der Waals surface area contributed by atoms with Gasteiger partial charge in [0.15, 0.2) is 0 Å². The number of benzene rings is 2. The number of halogens is 1. The molecule has 0 aliphatic heterocycles. The van der Waals surface area contributed by atoms with Crippen LogP contribution in [0.4, 0.5) is 10.1 Å². The molecule has 0 bridgehead atoms. The smallest absolute Gasteiger partial charge is 0.243 e. The maximum absolute atomic E-state index is 13.4. The summed E-state index contributed by atoms with van der Waals surface area (Å²) in [5.74, 6) is -0.899. The van der Waals surface area contributed by atoms with Gasteiger partial charge in [0.1, 0.15) is 11.9 Å². The zero-order chi connectivity index (χ0) is 27.0. The van der Waals surface area contributed by atoms with Gasteiger partial charge in [-0.05, 0) is 75.4 Å². The van der Waals surface area contributed by atoms with Crippen molar-refractivity contribution in [2.75, 3.05) is 17.1 Å². The number of anilines is 1. The van der Waals surface area contributed by atoms with Crippen molar-refractivity contribution in [3.8, 4) is 0 Å².